The van der Waals surface area contributed by atoms with Crippen molar-refractivity contribution in [3.05, 3.63) is 54.4 Å². The van der Waals surface area contributed by atoms with Gasteiger partial charge in [-0.05, 0) is 31.0 Å². The highest BCUT2D eigenvalue weighted by atomic mass is 32.2. The quantitative estimate of drug-likeness (QED) is 0.851. The molecule has 1 amide bonds. The molecule has 6 nitrogen and oxygen atoms in total. The molecule has 1 aliphatic heterocycles. The van der Waals surface area contributed by atoms with Gasteiger partial charge in [0.15, 0.2) is 0 Å². The van der Waals surface area contributed by atoms with Crippen LogP contribution in [-0.2, 0) is 10.0 Å². The fourth-order valence-corrected chi connectivity index (χ4v) is 3.90. The van der Waals surface area contributed by atoms with E-state index in [1.807, 2.05) is 0 Å². The van der Waals surface area contributed by atoms with Gasteiger partial charge >= 0.3 is 0 Å². The van der Waals surface area contributed by atoms with Crippen LogP contribution in [0.15, 0.2) is 53.7 Å². The number of anilines is 1. The van der Waals surface area contributed by atoms with Gasteiger partial charge < -0.3 is 4.90 Å². The van der Waals surface area contributed by atoms with Crippen molar-refractivity contribution in [3.63, 3.8) is 0 Å². The van der Waals surface area contributed by atoms with Gasteiger partial charge in [0.1, 0.15) is 0 Å². The van der Waals surface area contributed by atoms with E-state index in [9.17, 15) is 13.2 Å². The van der Waals surface area contributed by atoms with E-state index in [0.29, 0.717) is 11.3 Å². The third-order valence-corrected chi connectivity index (χ3v) is 5.93. The van der Waals surface area contributed by atoms with Gasteiger partial charge in [0.05, 0.1) is 22.3 Å². The molecule has 0 radical (unpaired) electrons. The van der Waals surface area contributed by atoms with E-state index in [2.05, 4.69) is 4.98 Å². The Labute approximate surface area is 141 Å². The summed E-state index contributed by atoms with van der Waals surface area (Å²) < 4.78 is 26.5. The van der Waals surface area contributed by atoms with Crippen molar-refractivity contribution in [3.8, 4) is 0 Å². The number of benzene rings is 1. The van der Waals surface area contributed by atoms with Crippen LogP contribution in [0.1, 0.15) is 23.2 Å². The second-order valence-electron chi connectivity index (χ2n) is 5.72. The average Bonchev–Trinajstić information content (AvgIpc) is 3.16. The van der Waals surface area contributed by atoms with Crippen molar-refractivity contribution in [1.29, 1.82) is 0 Å². The summed E-state index contributed by atoms with van der Waals surface area (Å²) >= 11 is 0. The van der Waals surface area contributed by atoms with Gasteiger partial charge in [-0.2, -0.15) is 0 Å². The van der Waals surface area contributed by atoms with Crippen LogP contribution in [0.3, 0.4) is 0 Å². The molecule has 0 spiro atoms. The van der Waals surface area contributed by atoms with Crippen molar-refractivity contribution in [2.24, 2.45) is 0 Å². The molecular formula is C17H19N3O3S. The average molecular weight is 345 g/mol. The van der Waals surface area contributed by atoms with E-state index in [1.54, 1.807) is 41.3 Å². The second-order valence-corrected chi connectivity index (χ2v) is 7.69. The summed E-state index contributed by atoms with van der Waals surface area (Å²) in [6.07, 6.45) is 4.93. The van der Waals surface area contributed by atoms with E-state index >= 15 is 0 Å². The maximum atomic E-state index is 12.7. The number of amides is 1. The first-order valence-corrected chi connectivity index (χ1v) is 9.22. The van der Waals surface area contributed by atoms with E-state index in [4.69, 9.17) is 0 Å². The lowest BCUT2D eigenvalue weighted by Crippen LogP contribution is -2.29. The zero-order valence-electron chi connectivity index (χ0n) is 13.4. The molecule has 0 saturated carbocycles. The molecule has 126 valence electrons. The summed E-state index contributed by atoms with van der Waals surface area (Å²) in [6.45, 7) is 1.47. The van der Waals surface area contributed by atoms with Crippen molar-refractivity contribution < 1.29 is 13.2 Å². The van der Waals surface area contributed by atoms with Crippen LogP contribution >= 0.6 is 0 Å². The second kappa shape index (κ2) is 6.60. The lowest BCUT2D eigenvalue weighted by Gasteiger charge is -2.20. The largest absolute Gasteiger partial charge is 0.339 e. The van der Waals surface area contributed by atoms with Crippen LogP contribution in [0.4, 0.5) is 5.69 Å². The molecule has 2 aromatic rings. The van der Waals surface area contributed by atoms with E-state index in [-0.39, 0.29) is 10.8 Å². The highest BCUT2D eigenvalue weighted by molar-refractivity contribution is 7.92. The standard InChI is InChI=1S/C17H19N3O3S/c1-19(24(22,23)16-7-3-2-4-8-16)15-11-14(12-18-13-15)17(21)20-9-5-6-10-20/h2-4,7-8,11-13H,5-6,9-10H2,1H3. The first kappa shape index (κ1) is 16.4. The number of carbonyl (C=O) groups is 1. The van der Waals surface area contributed by atoms with Crippen LogP contribution in [0, 0.1) is 0 Å². The number of nitrogens with zero attached hydrogens (tertiary/aromatic N) is 3. The summed E-state index contributed by atoms with van der Waals surface area (Å²) in [4.78, 5) is 18.5. The lowest BCUT2D eigenvalue weighted by atomic mass is 10.2. The van der Waals surface area contributed by atoms with Gasteiger partial charge in [-0.25, -0.2) is 8.42 Å². The zero-order chi connectivity index (χ0) is 17.2. The molecule has 1 fully saturated rings. The van der Waals surface area contributed by atoms with Crippen LogP contribution in [-0.4, -0.2) is 44.3 Å². The monoisotopic (exact) mass is 345 g/mol. The molecule has 0 atom stereocenters. The topological polar surface area (TPSA) is 70.6 Å². The smallest absolute Gasteiger partial charge is 0.264 e. The number of hydrogen-bond acceptors (Lipinski definition) is 4. The molecule has 1 aromatic carbocycles. The summed E-state index contributed by atoms with van der Waals surface area (Å²) in [5.74, 6) is -0.104. The minimum atomic E-state index is -3.69. The Balaban J connectivity index is 1.89. The first-order valence-electron chi connectivity index (χ1n) is 7.78. The Hall–Kier alpha value is -2.41. The summed E-state index contributed by atoms with van der Waals surface area (Å²) in [5.41, 5.74) is 0.772. The Bertz CT molecular complexity index is 831. The van der Waals surface area contributed by atoms with Gasteiger partial charge in [0.25, 0.3) is 15.9 Å². The van der Waals surface area contributed by atoms with Crippen LogP contribution < -0.4 is 4.31 Å². The SMILES string of the molecule is CN(c1cncc(C(=O)N2CCCC2)c1)S(=O)(=O)c1ccccc1. The normalized spacial score (nSPS) is 14.6. The third kappa shape index (κ3) is 3.12. The van der Waals surface area contributed by atoms with Gasteiger partial charge in [-0.1, -0.05) is 18.2 Å². The van der Waals surface area contributed by atoms with Crippen LogP contribution in [0.25, 0.3) is 0 Å². The van der Waals surface area contributed by atoms with Gasteiger partial charge in [-0.3, -0.25) is 14.1 Å². The highest BCUT2D eigenvalue weighted by Crippen LogP contribution is 2.23. The third-order valence-electron chi connectivity index (χ3n) is 4.13. The summed E-state index contributed by atoms with van der Waals surface area (Å²) in [5, 5.41) is 0. The Kier molecular flexibility index (Phi) is 4.53. The molecule has 7 heteroatoms. The van der Waals surface area contributed by atoms with E-state index in [0.717, 1.165) is 30.2 Å². The molecular weight excluding hydrogens is 326 g/mol. The fraction of sp³-hybridized carbons (Fsp3) is 0.294. The molecule has 3 rings (SSSR count). The summed E-state index contributed by atoms with van der Waals surface area (Å²) in [7, 11) is -2.22. The maximum Gasteiger partial charge on any atom is 0.264 e. The molecule has 0 unspecified atom stereocenters. The van der Waals surface area contributed by atoms with Crippen molar-refractivity contribution in [2.75, 3.05) is 24.4 Å². The molecule has 2 heterocycles. The molecule has 1 aliphatic rings. The first-order chi connectivity index (χ1) is 11.5. The number of likely N-dealkylation sites (tertiary alicyclic amines) is 1. The Morgan fingerprint density at radius 2 is 1.79 bits per heavy atom. The van der Waals surface area contributed by atoms with E-state index in [1.165, 1.54) is 19.4 Å². The predicted molar refractivity (Wildman–Crippen MR) is 91.4 cm³/mol. The van der Waals surface area contributed by atoms with Crippen molar-refractivity contribution >= 4 is 21.6 Å². The minimum absolute atomic E-state index is 0.104. The Morgan fingerprint density at radius 3 is 2.46 bits per heavy atom. The number of pyridine rings is 1. The number of aromatic nitrogens is 1. The lowest BCUT2D eigenvalue weighted by molar-refractivity contribution is 0.0792. The molecule has 0 bridgehead atoms. The fourth-order valence-electron chi connectivity index (χ4n) is 2.71. The molecule has 0 N–H and O–H groups in total. The van der Waals surface area contributed by atoms with Crippen LogP contribution in [0.5, 0.6) is 0 Å². The number of sulfonamides is 1. The molecule has 0 aliphatic carbocycles. The number of carbonyl (C=O) groups excluding carboxylic acids is 1. The highest BCUT2D eigenvalue weighted by Gasteiger charge is 2.24. The van der Waals surface area contributed by atoms with Gasteiger partial charge in [0, 0.05) is 26.3 Å². The number of hydrogen-bond donors (Lipinski definition) is 0. The van der Waals surface area contributed by atoms with Crippen molar-refractivity contribution in [2.45, 2.75) is 17.7 Å². The van der Waals surface area contributed by atoms with Gasteiger partial charge in [0.2, 0.25) is 0 Å². The van der Waals surface area contributed by atoms with Crippen LogP contribution in [0.2, 0.25) is 0 Å². The minimum Gasteiger partial charge on any atom is -0.339 e. The predicted octanol–water partition coefficient (Wildman–Crippen LogP) is 2.14. The summed E-state index contributed by atoms with van der Waals surface area (Å²) in [6, 6.07) is 9.76. The molecule has 1 saturated heterocycles. The number of rotatable bonds is 4. The molecule has 24 heavy (non-hydrogen) atoms. The van der Waals surface area contributed by atoms with Crippen molar-refractivity contribution in [1.82, 2.24) is 9.88 Å². The molecule has 1 aromatic heterocycles. The van der Waals surface area contributed by atoms with Gasteiger partial charge in [-0.15, -0.1) is 0 Å². The van der Waals surface area contributed by atoms with E-state index < -0.39 is 10.0 Å². The Morgan fingerprint density at radius 1 is 1.12 bits per heavy atom. The maximum absolute atomic E-state index is 12.7. The zero-order valence-corrected chi connectivity index (χ0v) is 14.2.